The summed E-state index contributed by atoms with van der Waals surface area (Å²) >= 11 is 12.2. The molecule has 0 radical (unpaired) electrons. The van der Waals surface area contributed by atoms with Gasteiger partial charge in [-0.15, -0.1) is 0 Å². The zero-order valence-corrected chi connectivity index (χ0v) is 20.2. The highest BCUT2D eigenvalue weighted by Gasteiger charge is 2.30. The fourth-order valence-corrected chi connectivity index (χ4v) is 3.44. The topological polar surface area (TPSA) is 94.4 Å². The molecule has 0 saturated carbocycles. The number of carbonyl (C=O) groups is 3. The van der Waals surface area contributed by atoms with Gasteiger partial charge < -0.3 is 10.2 Å². The van der Waals surface area contributed by atoms with Crippen molar-refractivity contribution >= 4 is 69.5 Å². The summed E-state index contributed by atoms with van der Waals surface area (Å²) in [6.07, 6.45) is -0.0494. The summed E-state index contributed by atoms with van der Waals surface area (Å²) in [5.41, 5.74) is 2.30. The van der Waals surface area contributed by atoms with Gasteiger partial charge in [-0.3, -0.25) is 19.3 Å². The van der Waals surface area contributed by atoms with E-state index in [4.69, 9.17) is 23.2 Å². The van der Waals surface area contributed by atoms with Gasteiger partial charge in [0.15, 0.2) is 11.5 Å². The van der Waals surface area contributed by atoms with Crippen molar-refractivity contribution in [1.29, 1.82) is 0 Å². The van der Waals surface area contributed by atoms with Crippen molar-refractivity contribution in [1.82, 2.24) is 4.90 Å². The lowest BCUT2D eigenvalue weighted by atomic mass is 10.1. The molecule has 0 aliphatic carbocycles. The van der Waals surface area contributed by atoms with E-state index in [-0.39, 0.29) is 41.0 Å². The lowest BCUT2D eigenvalue weighted by Crippen LogP contribution is -2.42. The molecule has 8 nitrogen and oxygen atoms in total. The molecule has 0 aromatic heterocycles. The van der Waals surface area contributed by atoms with Crippen molar-refractivity contribution in [2.75, 3.05) is 31.4 Å². The molecular weight excluding hydrogens is 465 g/mol. The molecule has 2 aromatic carbocycles. The minimum Gasteiger partial charge on any atom is -0.378 e. The predicted molar refractivity (Wildman–Crippen MR) is 132 cm³/mol. The predicted octanol–water partition coefficient (Wildman–Crippen LogP) is 4.26. The van der Waals surface area contributed by atoms with Crippen molar-refractivity contribution in [3.05, 3.63) is 52.0 Å². The lowest BCUT2D eigenvalue weighted by Gasteiger charge is -2.19. The Morgan fingerprint density at radius 1 is 1.12 bits per heavy atom. The first kappa shape index (κ1) is 24.4. The summed E-state index contributed by atoms with van der Waals surface area (Å²) in [6.45, 7) is 1.85. The molecule has 0 atom stereocenters. The standard InChI is InChI=1S/C23H23Cl2N5O3/c1-13-11-15(29(2)3)6-8-17(13)26-21(22-28-19(31)9-10-20(32)30(22)4)23(33)27-18-12-14(24)5-7-16(18)25/h5-8,11-12H,9-10H2,1-4H3,(H,27,33). The second kappa shape index (κ2) is 10.1. The highest BCUT2D eigenvalue weighted by atomic mass is 35.5. The Hall–Kier alpha value is -3.23. The molecule has 0 bridgehead atoms. The van der Waals surface area contributed by atoms with Crippen LogP contribution in [0.1, 0.15) is 18.4 Å². The van der Waals surface area contributed by atoms with E-state index in [9.17, 15) is 14.4 Å². The molecule has 1 N–H and O–H groups in total. The van der Waals surface area contributed by atoms with Crippen LogP contribution >= 0.6 is 23.2 Å². The van der Waals surface area contributed by atoms with Gasteiger partial charge in [0.25, 0.3) is 5.91 Å². The van der Waals surface area contributed by atoms with Crippen LogP contribution in [0.3, 0.4) is 0 Å². The number of amidine groups is 1. The molecule has 1 aliphatic heterocycles. The van der Waals surface area contributed by atoms with E-state index in [0.29, 0.717) is 10.7 Å². The van der Waals surface area contributed by atoms with Crippen LogP contribution < -0.4 is 10.2 Å². The van der Waals surface area contributed by atoms with E-state index in [1.54, 1.807) is 18.2 Å². The first-order valence-corrected chi connectivity index (χ1v) is 10.8. The number of hydrogen-bond acceptors (Lipinski definition) is 5. The molecule has 0 saturated heterocycles. The van der Waals surface area contributed by atoms with Gasteiger partial charge in [0.2, 0.25) is 11.8 Å². The monoisotopic (exact) mass is 487 g/mol. The van der Waals surface area contributed by atoms with Gasteiger partial charge in [0.05, 0.1) is 16.4 Å². The maximum absolute atomic E-state index is 13.4. The van der Waals surface area contributed by atoms with Crippen molar-refractivity contribution in [2.24, 2.45) is 9.98 Å². The van der Waals surface area contributed by atoms with Gasteiger partial charge in [-0.2, -0.15) is 4.99 Å². The Labute approximate surface area is 201 Å². The molecule has 3 amide bonds. The summed E-state index contributed by atoms with van der Waals surface area (Å²) in [7, 11) is 5.28. The largest absolute Gasteiger partial charge is 0.378 e. The number of anilines is 2. The number of nitrogens with one attached hydrogen (secondary N) is 1. The molecule has 10 heteroatoms. The van der Waals surface area contributed by atoms with Crippen molar-refractivity contribution in [2.45, 2.75) is 19.8 Å². The van der Waals surface area contributed by atoms with Crippen LogP contribution in [0.15, 0.2) is 46.4 Å². The minimum absolute atomic E-state index is 0.00604. The Kier molecular flexibility index (Phi) is 7.50. The van der Waals surface area contributed by atoms with Gasteiger partial charge in [0, 0.05) is 44.7 Å². The Morgan fingerprint density at radius 3 is 2.52 bits per heavy atom. The number of aliphatic imine (C=N–C) groups is 2. The summed E-state index contributed by atoms with van der Waals surface area (Å²) in [5, 5.41) is 3.30. The Bertz CT molecular complexity index is 1190. The van der Waals surface area contributed by atoms with Gasteiger partial charge in [-0.05, 0) is 48.9 Å². The molecule has 1 heterocycles. The van der Waals surface area contributed by atoms with E-state index in [0.717, 1.165) is 11.3 Å². The molecule has 3 rings (SSSR count). The van der Waals surface area contributed by atoms with Crippen LogP contribution in [0.25, 0.3) is 0 Å². The number of hydrogen-bond donors (Lipinski definition) is 1. The fourth-order valence-electron chi connectivity index (χ4n) is 3.10. The smallest absolute Gasteiger partial charge is 0.278 e. The summed E-state index contributed by atoms with van der Waals surface area (Å²) in [6, 6.07) is 10.1. The highest BCUT2D eigenvalue weighted by Crippen LogP contribution is 2.27. The van der Waals surface area contributed by atoms with Crippen LogP contribution in [0.4, 0.5) is 17.1 Å². The van der Waals surface area contributed by atoms with E-state index in [1.807, 2.05) is 38.1 Å². The number of rotatable bonds is 5. The zero-order valence-electron chi connectivity index (χ0n) is 18.6. The van der Waals surface area contributed by atoms with Crippen molar-refractivity contribution < 1.29 is 14.4 Å². The highest BCUT2D eigenvalue weighted by molar-refractivity contribution is 6.70. The average molecular weight is 488 g/mol. The quantitative estimate of drug-likeness (QED) is 0.637. The Balaban J connectivity index is 2.13. The fraction of sp³-hybridized carbons (Fsp3) is 0.261. The first-order chi connectivity index (χ1) is 15.6. The molecule has 1 aliphatic rings. The summed E-state index contributed by atoms with van der Waals surface area (Å²) in [4.78, 5) is 49.7. The van der Waals surface area contributed by atoms with Gasteiger partial charge >= 0.3 is 0 Å². The van der Waals surface area contributed by atoms with Crippen molar-refractivity contribution in [3.63, 3.8) is 0 Å². The zero-order chi connectivity index (χ0) is 24.3. The number of halogens is 2. The third-order valence-electron chi connectivity index (χ3n) is 5.01. The van der Waals surface area contributed by atoms with Crippen molar-refractivity contribution in [3.8, 4) is 0 Å². The number of benzene rings is 2. The van der Waals surface area contributed by atoms with Gasteiger partial charge in [0.1, 0.15) is 0 Å². The number of amides is 3. The average Bonchev–Trinajstić information content (AvgIpc) is 2.88. The van der Waals surface area contributed by atoms with Crippen LogP contribution in [0.2, 0.25) is 10.0 Å². The van der Waals surface area contributed by atoms with Crippen LogP contribution in [0, 0.1) is 6.92 Å². The normalized spacial score (nSPS) is 14.7. The summed E-state index contributed by atoms with van der Waals surface area (Å²) < 4.78 is 0. The van der Waals surface area contributed by atoms with Crippen LogP contribution in [-0.4, -0.2) is 55.3 Å². The first-order valence-electron chi connectivity index (χ1n) is 10.1. The molecule has 2 aromatic rings. The maximum atomic E-state index is 13.4. The van der Waals surface area contributed by atoms with Crippen LogP contribution in [0.5, 0.6) is 0 Å². The van der Waals surface area contributed by atoms with Gasteiger partial charge in [-0.25, -0.2) is 4.99 Å². The third kappa shape index (κ3) is 5.77. The van der Waals surface area contributed by atoms with E-state index >= 15 is 0 Å². The SMILES string of the molecule is Cc1cc(N(C)C)ccc1N=C(C(=O)Nc1cc(Cl)ccc1Cl)C1=NC(=O)CCC(=O)N1C. The third-order valence-corrected chi connectivity index (χ3v) is 5.57. The van der Waals surface area contributed by atoms with Gasteiger partial charge in [-0.1, -0.05) is 23.2 Å². The van der Waals surface area contributed by atoms with Crippen LogP contribution in [-0.2, 0) is 14.4 Å². The number of carbonyl (C=O) groups excluding carboxylic acids is 3. The molecule has 0 spiro atoms. The molecule has 33 heavy (non-hydrogen) atoms. The lowest BCUT2D eigenvalue weighted by molar-refractivity contribution is -0.127. The number of aryl methyl sites for hydroxylation is 1. The molecule has 0 unspecified atom stereocenters. The minimum atomic E-state index is -0.691. The van der Waals surface area contributed by atoms with E-state index in [2.05, 4.69) is 15.3 Å². The number of nitrogens with zero attached hydrogens (tertiary/aromatic N) is 4. The van der Waals surface area contributed by atoms with E-state index < -0.39 is 11.8 Å². The second-order valence-electron chi connectivity index (χ2n) is 7.69. The molecule has 0 fully saturated rings. The maximum Gasteiger partial charge on any atom is 0.278 e. The molecular formula is C23H23Cl2N5O3. The second-order valence-corrected chi connectivity index (χ2v) is 8.53. The summed E-state index contributed by atoms with van der Waals surface area (Å²) in [5.74, 6) is -1.68. The molecule has 172 valence electrons. The Morgan fingerprint density at radius 2 is 1.85 bits per heavy atom. The van der Waals surface area contributed by atoms with E-state index in [1.165, 1.54) is 18.0 Å².